The Labute approximate surface area is 128 Å². The predicted molar refractivity (Wildman–Crippen MR) is 85.4 cm³/mol. The van der Waals surface area contributed by atoms with E-state index < -0.39 is 17.7 Å². The van der Waals surface area contributed by atoms with Crippen LogP contribution in [0.3, 0.4) is 0 Å². The Hall–Kier alpha value is -1.39. The molecule has 0 saturated carbocycles. The van der Waals surface area contributed by atoms with Gasteiger partial charge in [-0.05, 0) is 25.5 Å². The first-order valence-electron chi connectivity index (χ1n) is 6.81. The Balaban J connectivity index is 1.93. The third-order valence-corrected chi connectivity index (χ3v) is 4.34. The van der Waals surface area contributed by atoms with Crippen molar-refractivity contribution in [2.24, 2.45) is 5.73 Å². The monoisotopic (exact) mass is 307 g/mol. The van der Waals surface area contributed by atoms with Crippen LogP contribution in [0.15, 0.2) is 36.4 Å². The number of hydrogen-bond acceptors (Lipinski definition) is 2. The second-order valence-electron chi connectivity index (χ2n) is 5.28. The molecule has 112 valence electrons. The van der Waals surface area contributed by atoms with Crippen LogP contribution in [0, 0.1) is 25.5 Å². The van der Waals surface area contributed by atoms with Crippen LogP contribution in [0.2, 0.25) is 0 Å². The van der Waals surface area contributed by atoms with Crippen molar-refractivity contribution in [1.29, 1.82) is 0 Å². The van der Waals surface area contributed by atoms with E-state index in [-0.39, 0.29) is 0 Å². The van der Waals surface area contributed by atoms with Crippen LogP contribution in [0.25, 0.3) is 0 Å². The van der Waals surface area contributed by atoms with Crippen molar-refractivity contribution in [2.75, 3.05) is 5.75 Å². The molecule has 2 N–H and O–H groups in total. The summed E-state index contributed by atoms with van der Waals surface area (Å²) in [5, 5.41) is 0. The van der Waals surface area contributed by atoms with Crippen molar-refractivity contribution in [2.45, 2.75) is 25.6 Å². The van der Waals surface area contributed by atoms with E-state index in [1.54, 1.807) is 11.8 Å². The summed E-state index contributed by atoms with van der Waals surface area (Å²) in [6.07, 6.45) is 0. The minimum Gasteiger partial charge on any atom is -0.323 e. The number of thioether (sulfide) groups is 1. The van der Waals surface area contributed by atoms with Crippen molar-refractivity contribution in [3.05, 3.63) is 70.3 Å². The lowest BCUT2D eigenvalue weighted by Gasteiger charge is -2.13. The molecule has 21 heavy (non-hydrogen) atoms. The topological polar surface area (TPSA) is 26.0 Å². The zero-order chi connectivity index (χ0) is 15.4. The minimum atomic E-state index is -0.577. The molecule has 0 fully saturated rings. The summed E-state index contributed by atoms with van der Waals surface area (Å²) in [6, 6.07) is 9.53. The molecule has 2 aromatic rings. The van der Waals surface area contributed by atoms with Gasteiger partial charge in [-0.2, -0.15) is 11.8 Å². The Kier molecular flexibility index (Phi) is 5.37. The molecule has 1 atom stereocenters. The van der Waals surface area contributed by atoms with E-state index in [1.807, 2.05) is 0 Å². The van der Waals surface area contributed by atoms with Gasteiger partial charge < -0.3 is 5.73 Å². The summed E-state index contributed by atoms with van der Waals surface area (Å²) in [6.45, 7) is 4.14. The fourth-order valence-corrected chi connectivity index (χ4v) is 3.30. The lowest BCUT2D eigenvalue weighted by molar-refractivity contribution is 0.563. The van der Waals surface area contributed by atoms with Crippen molar-refractivity contribution in [1.82, 2.24) is 0 Å². The molecule has 1 nitrogen and oxygen atoms in total. The highest BCUT2D eigenvalue weighted by Gasteiger charge is 2.12. The lowest BCUT2D eigenvalue weighted by atomic mass is 10.1. The second-order valence-corrected chi connectivity index (χ2v) is 6.31. The summed E-state index contributed by atoms with van der Waals surface area (Å²) in [5.74, 6) is 0.273. The highest BCUT2D eigenvalue weighted by Crippen LogP contribution is 2.23. The summed E-state index contributed by atoms with van der Waals surface area (Å²) in [4.78, 5) is 0. The molecular weight excluding hydrogens is 288 g/mol. The van der Waals surface area contributed by atoms with Crippen molar-refractivity contribution >= 4 is 11.8 Å². The number of halogens is 2. The molecule has 0 heterocycles. The van der Waals surface area contributed by atoms with Gasteiger partial charge >= 0.3 is 0 Å². The van der Waals surface area contributed by atoms with Gasteiger partial charge in [0, 0.05) is 29.2 Å². The van der Waals surface area contributed by atoms with Gasteiger partial charge in [-0.15, -0.1) is 0 Å². The zero-order valence-corrected chi connectivity index (χ0v) is 13.0. The van der Waals surface area contributed by atoms with Gasteiger partial charge in [-0.3, -0.25) is 0 Å². The van der Waals surface area contributed by atoms with Crippen molar-refractivity contribution in [3.8, 4) is 0 Å². The number of benzene rings is 2. The van der Waals surface area contributed by atoms with Gasteiger partial charge in [0.1, 0.15) is 11.6 Å². The molecule has 1 unspecified atom stereocenters. The molecule has 4 heteroatoms. The fourth-order valence-electron chi connectivity index (χ4n) is 2.35. The first kappa shape index (κ1) is 16.0. The minimum absolute atomic E-state index is 0.365. The summed E-state index contributed by atoms with van der Waals surface area (Å²) >= 11 is 1.65. The molecule has 2 rings (SSSR count). The maximum absolute atomic E-state index is 13.6. The van der Waals surface area contributed by atoms with E-state index >= 15 is 0 Å². The summed E-state index contributed by atoms with van der Waals surface area (Å²) in [5.41, 5.74) is 10.1. The Morgan fingerprint density at radius 2 is 1.71 bits per heavy atom. The van der Waals surface area contributed by atoms with Gasteiger partial charge in [-0.1, -0.05) is 35.4 Å². The summed E-state index contributed by atoms with van der Waals surface area (Å²) in [7, 11) is 0. The highest BCUT2D eigenvalue weighted by atomic mass is 32.2. The molecule has 0 spiro atoms. The van der Waals surface area contributed by atoms with Gasteiger partial charge in [0.2, 0.25) is 0 Å². The maximum atomic E-state index is 13.6. The first-order chi connectivity index (χ1) is 9.95. The average Bonchev–Trinajstić information content (AvgIpc) is 2.37. The molecule has 0 aliphatic rings. The molecule has 0 bridgehead atoms. The molecule has 0 aliphatic carbocycles. The number of hydrogen-bond donors (Lipinski definition) is 1. The second kappa shape index (κ2) is 7.05. The van der Waals surface area contributed by atoms with Crippen LogP contribution in [0.1, 0.15) is 28.3 Å². The molecule has 0 aromatic heterocycles. The van der Waals surface area contributed by atoms with E-state index in [0.29, 0.717) is 11.3 Å². The van der Waals surface area contributed by atoms with E-state index in [1.165, 1.54) is 28.8 Å². The zero-order valence-electron chi connectivity index (χ0n) is 12.2. The van der Waals surface area contributed by atoms with Crippen molar-refractivity contribution < 1.29 is 8.78 Å². The Morgan fingerprint density at radius 1 is 1.05 bits per heavy atom. The van der Waals surface area contributed by atoms with E-state index in [2.05, 4.69) is 32.0 Å². The van der Waals surface area contributed by atoms with Crippen LogP contribution in [-0.4, -0.2) is 5.75 Å². The van der Waals surface area contributed by atoms with E-state index in [0.717, 1.165) is 11.8 Å². The molecular formula is C17H19F2NS. The van der Waals surface area contributed by atoms with Crippen LogP contribution in [0.5, 0.6) is 0 Å². The average molecular weight is 307 g/mol. The van der Waals surface area contributed by atoms with Crippen LogP contribution in [-0.2, 0) is 5.75 Å². The number of nitrogens with two attached hydrogens (primary N) is 1. The normalized spacial score (nSPS) is 12.4. The number of rotatable bonds is 5. The molecule has 2 aromatic carbocycles. The van der Waals surface area contributed by atoms with Gasteiger partial charge in [0.05, 0.1) is 0 Å². The van der Waals surface area contributed by atoms with Gasteiger partial charge in [0.25, 0.3) is 0 Å². The Bertz CT molecular complexity index is 608. The maximum Gasteiger partial charge on any atom is 0.130 e. The molecule has 0 amide bonds. The Morgan fingerprint density at radius 3 is 2.33 bits per heavy atom. The standard InChI is InChI=1S/C17H19F2NS/c1-11-5-12(2)7-13(6-11)9-21-10-17(20)15-4-3-14(18)8-16(15)19/h3-8,17H,9-10,20H2,1-2H3. The predicted octanol–water partition coefficient (Wildman–Crippen LogP) is 4.51. The molecule has 0 radical (unpaired) electrons. The SMILES string of the molecule is Cc1cc(C)cc(CSCC(N)c2ccc(F)cc2F)c1. The van der Waals surface area contributed by atoms with Crippen LogP contribution >= 0.6 is 11.8 Å². The van der Waals surface area contributed by atoms with Gasteiger partial charge in [0.15, 0.2) is 0 Å². The first-order valence-corrected chi connectivity index (χ1v) is 7.96. The third-order valence-electron chi connectivity index (χ3n) is 3.21. The molecule has 0 saturated heterocycles. The van der Waals surface area contributed by atoms with Crippen LogP contribution < -0.4 is 5.73 Å². The van der Waals surface area contributed by atoms with Crippen LogP contribution in [0.4, 0.5) is 8.78 Å². The van der Waals surface area contributed by atoms with E-state index in [9.17, 15) is 8.78 Å². The van der Waals surface area contributed by atoms with Crippen molar-refractivity contribution in [3.63, 3.8) is 0 Å². The fraction of sp³-hybridized carbons (Fsp3) is 0.294. The van der Waals surface area contributed by atoms with Gasteiger partial charge in [-0.25, -0.2) is 8.78 Å². The smallest absolute Gasteiger partial charge is 0.130 e. The highest BCUT2D eigenvalue weighted by molar-refractivity contribution is 7.98. The summed E-state index contributed by atoms with van der Waals surface area (Å²) < 4.78 is 26.5. The lowest BCUT2D eigenvalue weighted by Crippen LogP contribution is -2.15. The number of aryl methyl sites for hydroxylation is 2. The third kappa shape index (κ3) is 4.55. The quantitative estimate of drug-likeness (QED) is 0.879. The van der Waals surface area contributed by atoms with E-state index in [4.69, 9.17) is 5.73 Å². The largest absolute Gasteiger partial charge is 0.323 e. The molecule has 0 aliphatic heterocycles.